The van der Waals surface area contributed by atoms with Crippen molar-refractivity contribution >= 4 is 17.5 Å². The number of nitrogens with zero attached hydrogens (tertiary/aromatic N) is 1. The molecular formula is C19H21N3O2. The van der Waals surface area contributed by atoms with Crippen molar-refractivity contribution in [2.75, 3.05) is 11.4 Å². The van der Waals surface area contributed by atoms with Crippen LogP contribution in [-0.2, 0) is 9.59 Å². The molecular weight excluding hydrogens is 302 g/mol. The summed E-state index contributed by atoms with van der Waals surface area (Å²) in [5.74, 6) is -0.407. The molecule has 2 amide bonds. The first-order valence-electron chi connectivity index (χ1n) is 8.14. The zero-order valence-corrected chi connectivity index (χ0v) is 13.4. The molecule has 124 valence electrons. The van der Waals surface area contributed by atoms with Gasteiger partial charge in [-0.1, -0.05) is 48.5 Å². The fraction of sp³-hybridized carbons (Fsp3) is 0.263. The monoisotopic (exact) mass is 323 g/mol. The standard InChI is InChI=1S/C19H21N3O2/c20-17(14-8-3-1-4-9-14)18(23)21-16-12-7-13-22(19(16)24)15-10-5-2-6-11-15/h1-6,8-11,16-17H,7,12-13,20H2,(H,21,23). The molecule has 1 aliphatic heterocycles. The predicted molar refractivity (Wildman–Crippen MR) is 93.3 cm³/mol. The molecule has 5 nitrogen and oxygen atoms in total. The first-order chi connectivity index (χ1) is 11.7. The summed E-state index contributed by atoms with van der Waals surface area (Å²) in [5.41, 5.74) is 7.60. The van der Waals surface area contributed by atoms with E-state index in [1.165, 1.54) is 0 Å². The van der Waals surface area contributed by atoms with E-state index in [4.69, 9.17) is 5.73 Å². The zero-order valence-electron chi connectivity index (χ0n) is 13.4. The minimum atomic E-state index is -0.772. The van der Waals surface area contributed by atoms with Crippen LogP contribution in [-0.4, -0.2) is 24.4 Å². The van der Waals surface area contributed by atoms with Crippen molar-refractivity contribution in [3.05, 3.63) is 66.2 Å². The molecule has 0 aliphatic carbocycles. The maximum atomic E-state index is 12.7. The van der Waals surface area contributed by atoms with Gasteiger partial charge >= 0.3 is 0 Å². The number of nitrogens with one attached hydrogen (secondary N) is 1. The van der Waals surface area contributed by atoms with Gasteiger partial charge in [0.1, 0.15) is 12.1 Å². The van der Waals surface area contributed by atoms with Crippen LogP contribution in [0.15, 0.2) is 60.7 Å². The Morgan fingerprint density at radius 3 is 2.38 bits per heavy atom. The predicted octanol–water partition coefficient (Wildman–Crippen LogP) is 2.00. The molecule has 24 heavy (non-hydrogen) atoms. The Morgan fingerprint density at radius 2 is 1.71 bits per heavy atom. The fourth-order valence-corrected chi connectivity index (χ4v) is 2.95. The number of hydrogen-bond donors (Lipinski definition) is 2. The number of piperidine rings is 1. The molecule has 2 atom stereocenters. The van der Waals surface area contributed by atoms with E-state index in [2.05, 4.69) is 5.32 Å². The molecule has 5 heteroatoms. The van der Waals surface area contributed by atoms with E-state index in [0.29, 0.717) is 13.0 Å². The van der Waals surface area contributed by atoms with E-state index in [1.807, 2.05) is 60.7 Å². The molecule has 0 radical (unpaired) electrons. The normalized spacial score (nSPS) is 19.0. The van der Waals surface area contributed by atoms with E-state index >= 15 is 0 Å². The Bertz CT molecular complexity index is 703. The first kappa shape index (κ1) is 16.2. The molecule has 1 saturated heterocycles. The lowest BCUT2D eigenvalue weighted by Gasteiger charge is -2.33. The maximum absolute atomic E-state index is 12.7. The van der Waals surface area contributed by atoms with Gasteiger partial charge in [0.25, 0.3) is 0 Å². The number of amides is 2. The zero-order chi connectivity index (χ0) is 16.9. The van der Waals surface area contributed by atoms with Gasteiger partial charge in [-0.3, -0.25) is 9.59 Å². The highest BCUT2D eigenvalue weighted by Crippen LogP contribution is 2.21. The molecule has 2 aromatic rings. The molecule has 2 unspecified atom stereocenters. The van der Waals surface area contributed by atoms with Crippen LogP contribution in [0.4, 0.5) is 5.69 Å². The lowest BCUT2D eigenvalue weighted by Crippen LogP contribution is -2.54. The molecule has 2 aromatic carbocycles. The second kappa shape index (κ2) is 7.27. The molecule has 1 fully saturated rings. The summed E-state index contributed by atoms with van der Waals surface area (Å²) >= 11 is 0. The van der Waals surface area contributed by atoms with E-state index < -0.39 is 12.1 Å². The number of carbonyl (C=O) groups excluding carboxylic acids is 2. The maximum Gasteiger partial charge on any atom is 0.249 e. The van der Waals surface area contributed by atoms with Crippen molar-refractivity contribution in [3.8, 4) is 0 Å². The number of benzene rings is 2. The Hall–Kier alpha value is -2.66. The number of rotatable bonds is 4. The lowest BCUT2D eigenvalue weighted by atomic mass is 10.0. The summed E-state index contributed by atoms with van der Waals surface area (Å²) in [6, 6.07) is 17.4. The summed E-state index contributed by atoms with van der Waals surface area (Å²) in [6.45, 7) is 0.667. The third kappa shape index (κ3) is 3.46. The summed E-state index contributed by atoms with van der Waals surface area (Å²) in [4.78, 5) is 26.8. The van der Waals surface area contributed by atoms with Crippen molar-refractivity contribution in [2.24, 2.45) is 5.73 Å². The number of nitrogens with two attached hydrogens (primary N) is 1. The van der Waals surface area contributed by atoms with Gasteiger partial charge < -0.3 is 16.0 Å². The highest BCUT2D eigenvalue weighted by molar-refractivity contribution is 6.00. The molecule has 1 heterocycles. The quantitative estimate of drug-likeness (QED) is 0.903. The van der Waals surface area contributed by atoms with E-state index in [1.54, 1.807) is 4.90 Å². The average molecular weight is 323 g/mol. The van der Waals surface area contributed by atoms with Crippen molar-refractivity contribution in [2.45, 2.75) is 24.9 Å². The number of carbonyl (C=O) groups is 2. The summed E-state index contributed by atoms with van der Waals surface area (Å²) in [6.07, 6.45) is 1.47. The van der Waals surface area contributed by atoms with Gasteiger partial charge in [-0.05, 0) is 30.5 Å². The Kier molecular flexibility index (Phi) is 4.91. The summed E-state index contributed by atoms with van der Waals surface area (Å²) in [7, 11) is 0. The van der Waals surface area contributed by atoms with Crippen LogP contribution in [0, 0.1) is 0 Å². The van der Waals surface area contributed by atoms with Crippen LogP contribution in [0.3, 0.4) is 0 Å². The average Bonchev–Trinajstić information content (AvgIpc) is 2.64. The van der Waals surface area contributed by atoms with Crippen molar-refractivity contribution in [1.29, 1.82) is 0 Å². The van der Waals surface area contributed by atoms with Gasteiger partial charge in [0.2, 0.25) is 11.8 Å². The third-order valence-electron chi connectivity index (χ3n) is 4.26. The van der Waals surface area contributed by atoms with Crippen LogP contribution < -0.4 is 16.0 Å². The Balaban J connectivity index is 1.68. The Morgan fingerprint density at radius 1 is 1.08 bits per heavy atom. The van der Waals surface area contributed by atoms with Crippen LogP contribution in [0.25, 0.3) is 0 Å². The molecule has 0 aromatic heterocycles. The molecule has 1 aliphatic rings. The summed E-state index contributed by atoms with van der Waals surface area (Å²) < 4.78 is 0. The van der Waals surface area contributed by atoms with Gasteiger partial charge in [-0.2, -0.15) is 0 Å². The summed E-state index contributed by atoms with van der Waals surface area (Å²) in [5, 5.41) is 2.81. The van der Waals surface area contributed by atoms with Crippen LogP contribution in [0.1, 0.15) is 24.4 Å². The van der Waals surface area contributed by atoms with Crippen LogP contribution >= 0.6 is 0 Å². The number of anilines is 1. The highest BCUT2D eigenvalue weighted by Gasteiger charge is 2.31. The van der Waals surface area contributed by atoms with E-state index in [-0.39, 0.29) is 11.8 Å². The smallest absolute Gasteiger partial charge is 0.249 e. The minimum absolute atomic E-state index is 0.0824. The van der Waals surface area contributed by atoms with Crippen molar-refractivity contribution < 1.29 is 9.59 Å². The first-order valence-corrected chi connectivity index (χ1v) is 8.14. The SMILES string of the molecule is NC(C(=O)NC1CCCN(c2ccccc2)C1=O)c1ccccc1. The molecule has 3 rings (SSSR count). The van der Waals surface area contributed by atoms with Gasteiger partial charge in [-0.25, -0.2) is 0 Å². The van der Waals surface area contributed by atoms with E-state index in [9.17, 15) is 9.59 Å². The third-order valence-corrected chi connectivity index (χ3v) is 4.26. The molecule has 0 bridgehead atoms. The molecule has 0 saturated carbocycles. The number of hydrogen-bond acceptors (Lipinski definition) is 3. The van der Waals surface area contributed by atoms with E-state index in [0.717, 1.165) is 17.7 Å². The topological polar surface area (TPSA) is 75.4 Å². The molecule has 3 N–H and O–H groups in total. The highest BCUT2D eigenvalue weighted by atomic mass is 16.2. The van der Waals surface area contributed by atoms with Gasteiger partial charge in [0.05, 0.1) is 0 Å². The second-order valence-corrected chi connectivity index (χ2v) is 5.92. The largest absolute Gasteiger partial charge is 0.343 e. The molecule has 0 spiro atoms. The van der Waals surface area contributed by atoms with Crippen molar-refractivity contribution in [3.63, 3.8) is 0 Å². The Labute approximate surface area is 141 Å². The van der Waals surface area contributed by atoms with Crippen LogP contribution in [0.2, 0.25) is 0 Å². The van der Waals surface area contributed by atoms with Crippen molar-refractivity contribution in [1.82, 2.24) is 5.32 Å². The second-order valence-electron chi connectivity index (χ2n) is 5.92. The van der Waals surface area contributed by atoms with Gasteiger partial charge in [0, 0.05) is 12.2 Å². The van der Waals surface area contributed by atoms with Gasteiger partial charge in [0.15, 0.2) is 0 Å². The minimum Gasteiger partial charge on any atom is -0.343 e. The van der Waals surface area contributed by atoms with Gasteiger partial charge in [-0.15, -0.1) is 0 Å². The number of para-hydroxylation sites is 1. The van der Waals surface area contributed by atoms with Crippen LogP contribution in [0.5, 0.6) is 0 Å². The fourth-order valence-electron chi connectivity index (χ4n) is 2.95. The lowest BCUT2D eigenvalue weighted by molar-refractivity contribution is -0.129.